The molecule has 2 heterocycles. The summed E-state index contributed by atoms with van der Waals surface area (Å²) in [7, 11) is 0. The molecule has 0 bridgehead atoms. The molecule has 2 aliphatic heterocycles. The number of likely N-dealkylation sites (tertiary alicyclic amines) is 1. The van der Waals surface area contributed by atoms with Gasteiger partial charge in [0.2, 0.25) is 5.91 Å². The highest BCUT2D eigenvalue weighted by Crippen LogP contribution is 2.35. The van der Waals surface area contributed by atoms with Gasteiger partial charge in [-0.15, -0.1) is 0 Å². The SMILES string of the molecule is O=C(O)[C@@H]1CN(C(=O)C2COc3ccccc3C2)C[C@@H]1c1ccccc1. The lowest BCUT2D eigenvalue weighted by Gasteiger charge is -2.28. The van der Waals surface area contributed by atoms with Gasteiger partial charge >= 0.3 is 5.97 Å². The Morgan fingerprint density at radius 1 is 1.00 bits per heavy atom. The summed E-state index contributed by atoms with van der Waals surface area (Å²) in [4.78, 5) is 26.4. The molecular formula is C21H21NO4. The molecule has 3 atom stereocenters. The molecule has 0 saturated carbocycles. The summed E-state index contributed by atoms with van der Waals surface area (Å²) >= 11 is 0. The number of carbonyl (C=O) groups is 2. The van der Waals surface area contributed by atoms with E-state index in [-0.39, 0.29) is 24.3 Å². The molecule has 0 aromatic heterocycles. The van der Waals surface area contributed by atoms with Crippen molar-refractivity contribution in [3.8, 4) is 5.75 Å². The number of carbonyl (C=O) groups excluding carboxylic acids is 1. The van der Waals surface area contributed by atoms with Crippen LogP contribution in [-0.2, 0) is 16.0 Å². The largest absolute Gasteiger partial charge is 0.492 e. The van der Waals surface area contributed by atoms with Crippen molar-refractivity contribution < 1.29 is 19.4 Å². The first-order chi connectivity index (χ1) is 12.6. The maximum absolute atomic E-state index is 13.0. The number of nitrogens with zero attached hydrogens (tertiary/aromatic N) is 1. The van der Waals surface area contributed by atoms with E-state index in [0.29, 0.717) is 19.6 Å². The van der Waals surface area contributed by atoms with Gasteiger partial charge in [0.05, 0.1) is 11.8 Å². The number of fused-ring (bicyclic) bond motifs is 1. The number of benzene rings is 2. The summed E-state index contributed by atoms with van der Waals surface area (Å²) in [6.45, 7) is 1.05. The number of carboxylic acids is 1. The molecule has 26 heavy (non-hydrogen) atoms. The number of amides is 1. The molecular weight excluding hydrogens is 330 g/mol. The van der Waals surface area contributed by atoms with E-state index in [2.05, 4.69) is 0 Å². The lowest BCUT2D eigenvalue weighted by molar-refractivity contribution is -0.142. The third-order valence-corrected chi connectivity index (χ3v) is 5.40. The monoisotopic (exact) mass is 351 g/mol. The smallest absolute Gasteiger partial charge is 0.308 e. The van der Waals surface area contributed by atoms with Gasteiger partial charge in [-0.05, 0) is 23.6 Å². The maximum Gasteiger partial charge on any atom is 0.308 e. The average molecular weight is 351 g/mol. The third kappa shape index (κ3) is 3.05. The number of para-hydroxylation sites is 1. The van der Waals surface area contributed by atoms with E-state index in [1.165, 1.54) is 0 Å². The average Bonchev–Trinajstić information content (AvgIpc) is 3.13. The van der Waals surface area contributed by atoms with Crippen LogP contribution in [0, 0.1) is 11.8 Å². The number of aliphatic carboxylic acids is 1. The van der Waals surface area contributed by atoms with Crippen LogP contribution < -0.4 is 4.74 Å². The molecule has 0 spiro atoms. The second-order valence-electron chi connectivity index (χ2n) is 7.02. The van der Waals surface area contributed by atoms with Crippen LogP contribution in [0.15, 0.2) is 54.6 Å². The van der Waals surface area contributed by atoms with Crippen LogP contribution >= 0.6 is 0 Å². The number of hydrogen-bond acceptors (Lipinski definition) is 3. The van der Waals surface area contributed by atoms with E-state index >= 15 is 0 Å². The van der Waals surface area contributed by atoms with Crippen molar-refractivity contribution in [2.24, 2.45) is 11.8 Å². The minimum Gasteiger partial charge on any atom is -0.492 e. The van der Waals surface area contributed by atoms with Gasteiger partial charge in [0.1, 0.15) is 12.4 Å². The van der Waals surface area contributed by atoms with Gasteiger partial charge in [-0.3, -0.25) is 9.59 Å². The van der Waals surface area contributed by atoms with Gasteiger partial charge in [0.25, 0.3) is 0 Å². The van der Waals surface area contributed by atoms with Gasteiger partial charge in [0.15, 0.2) is 0 Å². The zero-order chi connectivity index (χ0) is 18.1. The normalized spacial score (nSPS) is 24.6. The number of hydrogen-bond donors (Lipinski definition) is 1. The molecule has 1 unspecified atom stereocenters. The van der Waals surface area contributed by atoms with Crippen LogP contribution in [0.2, 0.25) is 0 Å². The Hall–Kier alpha value is -2.82. The summed E-state index contributed by atoms with van der Waals surface area (Å²) in [6.07, 6.45) is 0.638. The topological polar surface area (TPSA) is 66.8 Å². The Balaban J connectivity index is 1.51. The summed E-state index contributed by atoms with van der Waals surface area (Å²) in [5.74, 6) is -1.02. The first-order valence-electron chi connectivity index (χ1n) is 8.90. The van der Waals surface area contributed by atoms with Gasteiger partial charge in [-0.25, -0.2) is 0 Å². The third-order valence-electron chi connectivity index (χ3n) is 5.40. The van der Waals surface area contributed by atoms with E-state index in [1.54, 1.807) is 4.90 Å². The standard InChI is InChI=1S/C21H21NO4/c23-20(16-10-15-8-4-5-9-19(15)26-13-16)22-11-17(18(12-22)21(24)25)14-6-2-1-3-7-14/h1-9,16-18H,10-13H2,(H,24,25)/t16?,17-,18-/m1/s1. The summed E-state index contributed by atoms with van der Waals surface area (Å²) in [6, 6.07) is 17.4. The maximum atomic E-state index is 13.0. The van der Waals surface area contributed by atoms with E-state index in [0.717, 1.165) is 16.9 Å². The first kappa shape index (κ1) is 16.6. The van der Waals surface area contributed by atoms with Gasteiger partial charge in [-0.2, -0.15) is 0 Å². The van der Waals surface area contributed by atoms with Gasteiger partial charge < -0.3 is 14.7 Å². The molecule has 134 valence electrons. The highest BCUT2D eigenvalue weighted by molar-refractivity contribution is 5.82. The Morgan fingerprint density at radius 2 is 1.73 bits per heavy atom. The first-order valence-corrected chi connectivity index (χ1v) is 8.90. The van der Waals surface area contributed by atoms with Crippen LogP contribution in [0.25, 0.3) is 0 Å². The van der Waals surface area contributed by atoms with Crippen LogP contribution in [0.4, 0.5) is 0 Å². The van der Waals surface area contributed by atoms with Crippen molar-refractivity contribution in [3.05, 3.63) is 65.7 Å². The van der Waals surface area contributed by atoms with Crippen LogP contribution in [0.3, 0.4) is 0 Å². The van der Waals surface area contributed by atoms with Crippen molar-refractivity contribution in [1.82, 2.24) is 4.90 Å². The quantitative estimate of drug-likeness (QED) is 0.923. The second-order valence-corrected chi connectivity index (χ2v) is 7.02. The van der Waals surface area contributed by atoms with Crippen molar-refractivity contribution in [2.75, 3.05) is 19.7 Å². The molecule has 2 aromatic rings. The molecule has 4 rings (SSSR count). The van der Waals surface area contributed by atoms with Gasteiger partial charge in [0, 0.05) is 19.0 Å². The second kappa shape index (κ2) is 6.83. The molecule has 1 saturated heterocycles. The number of ether oxygens (including phenoxy) is 1. The zero-order valence-corrected chi connectivity index (χ0v) is 14.4. The Kier molecular flexibility index (Phi) is 4.37. The molecule has 5 nitrogen and oxygen atoms in total. The van der Waals surface area contributed by atoms with Crippen molar-refractivity contribution in [3.63, 3.8) is 0 Å². The molecule has 2 aromatic carbocycles. The van der Waals surface area contributed by atoms with Crippen LogP contribution in [0.5, 0.6) is 5.75 Å². The number of carboxylic acid groups (broad SMARTS) is 1. The van der Waals surface area contributed by atoms with Crippen LogP contribution in [0.1, 0.15) is 17.0 Å². The summed E-state index contributed by atoms with van der Waals surface area (Å²) in [5.41, 5.74) is 2.01. The van der Waals surface area contributed by atoms with Crippen molar-refractivity contribution in [1.29, 1.82) is 0 Å². The van der Waals surface area contributed by atoms with Crippen molar-refractivity contribution >= 4 is 11.9 Å². The highest BCUT2D eigenvalue weighted by atomic mass is 16.5. The zero-order valence-electron chi connectivity index (χ0n) is 14.4. The molecule has 2 aliphatic rings. The summed E-state index contributed by atoms with van der Waals surface area (Å²) < 4.78 is 5.74. The predicted octanol–water partition coefficient (Wildman–Crippen LogP) is 2.56. The van der Waals surface area contributed by atoms with E-state index in [1.807, 2.05) is 54.6 Å². The van der Waals surface area contributed by atoms with Gasteiger partial charge in [-0.1, -0.05) is 48.5 Å². The highest BCUT2D eigenvalue weighted by Gasteiger charge is 2.42. The Labute approximate surface area is 152 Å². The van der Waals surface area contributed by atoms with E-state index in [4.69, 9.17) is 4.74 Å². The molecule has 0 radical (unpaired) electrons. The molecule has 1 amide bonds. The fraction of sp³-hybridized carbons (Fsp3) is 0.333. The molecule has 1 fully saturated rings. The molecule has 1 N–H and O–H groups in total. The lowest BCUT2D eigenvalue weighted by atomic mass is 9.89. The molecule has 5 heteroatoms. The van der Waals surface area contributed by atoms with E-state index in [9.17, 15) is 14.7 Å². The summed E-state index contributed by atoms with van der Waals surface area (Å²) in [5, 5.41) is 9.62. The lowest BCUT2D eigenvalue weighted by Crippen LogP contribution is -2.40. The fourth-order valence-electron chi connectivity index (χ4n) is 4.02. The van der Waals surface area contributed by atoms with Crippen LogP contribution in [-0.4, -0.2) is 41.6 Å². The predicted molar refractivity (Wildman–Crippen MR) is 96.0 cm³/mol. The minimum absolute atomic E-state index is 0.0100. The minimum atomic E-state index is -0.848. The fourth-order valence-corrected chi connectivity index (χ4v) is 4.02. The molecule has 0 aliphatic carbocycles. The number of rotatable bonds is 3. The Bertz CT molecular complexity index is 820. The van der Waals surface area contributed by atoms with Crippen molar-refractivity contribution in [2.45, 2.75) is 12.3 Å². The van der Waals surface area contributed by atoms with E-state index < -0.39 is 11.9 Å². The Morgan fingerprint density at radius 3 is 2.50 bits per heavy atom.